The van der Waals surface area contributed by atoms with Crippen LogP contribution in [0.15, 0.2) is 0 Å². The van der Waals surface area contributed by atoms with E-state index >= 15 is 0 Å². The van der Waals surface area contributed by atoms with Crippen LogP contribution < -0.4 is 0 Å². The molecule has 1 heterocycles. The average molecular weight is 292 g/mol. The molecule has 1 aliphatic heterocycles. The monoisotopic (exact) mass is 291 g/mol. The van der Waals surface area contributed by atoms with Crippen LogP contribution in [0.1, 0.15) is 40.0 Å². The van der Waals surface area contributed by atoms with E-state index in [1.165, 1.54) is 4.90 Å². The molecule has 0 aromatic carbocycles. The lowest BCUT2D eigenvalue weighted by atomic mass is 10.2. The Labute approximate surface area is 119 Å². The molecular formula is C13H22ClNO4. The zero-order chi connectivity index (χ0) is 14.5. The van der Waals surface area contributed by atoms with Crippen molar-refractivity contribution in [3.05, 3.63) is 0 Å². The third-order valence-electron chi connectivity index (χ3n) is 2.68. The fourth-order valence-electron chi connectivity index (χ4n) is 1.87. The number of rotatable bonds is 4. The molecule has 0 aromatic heterocycles. The van der Waals surface area contributed by atoms with Gasteiger partial charge in [-0.15, -0.1) is 11.6 Å². The highest BCUT2D eigenvalue weighted by atomic mass is 35.5. The van der Waals surface area contributed by atoms with Gasteiger partial charge in [0, 0.05) is 12.4 Å². The maximum atomic E-state index is 12.0. The predicted molar refractivity (Wildman–Crippen MR) is 72.3 cm³/mol. The van der Waals surface area contributed by atoms with Crippen LogP contribution in [0.25, 0.3) is 0 Å². The van der Waals surface area contributed by atoms with Crippen molar-refractivity contribution in [3.63, 3.8) is 0 Å². The van der Waals surface area contributed by atoms with Gasteiger partial charge in [0.25, 0.3) is 0 Å². The molecular weight excluding hydrogens is 270 g/mol. The summed E-state index contributed by atoms with van der Waals surface area (Å²) in [5.41, 5.74) is -0.563. The molecule has 0 N–H and O–H groups in total. The van der Waals surface area contributed by atoms with Crippen LogP contribution in [0.4, 0.5) is 4.79 Å². The highest BCUT2D eigenvalue weighted by Crippen LogP contribution is 2.21. The number of likely N-dealkylation sites (tertiary alicyclic amines) is 1. The summed E-state index contributed by atoms with van der Waals surface area (Å²) in [4.78, 5) is 25.3. The second kappa shape index (κ2) is 6.98. The molecule has 0 saturated carbocycles. The van der Waals surface area contributed by atoms with E-state index in [1.54, 1.807) is 20.8 Å². The van der Waals surface area contributed by atoms with Gasteiger partial charge in [0.1, 0.15) is 11.6 Å². The fraction of sp³-hybridized carbons (Fsp3) is 0.846. The first kappa shape index (κ1) is 16.1. The summed E-state index contributed by atoms with van der Waals surface area (Å²) in [5.74, 6) is 0.0850. The molecule has 19 heavy (non-hydrogen) atoms. The highest BCUT2D eigenvalue weighted by molar-refractivity contribution is 6.17. The first-order valence-electron chi connectivity index (χ1n) is 6.57. The summed E-state index contributed by atoms with van der Waals surface area (Å²) in [6.07, 6.45) is 1.57. The summed E-state index contributed by atoms with van der Waals surface area (Å²) >= 11 is 5.52. The lowest BCUT2D eigenvalue weighted by Crippen LogP contribution is -2.44. The van der Waals surface area contributed by atoms with Gasteiger partial charge in [0.15, 0.2) is 0 Å². The molecule has 1 rings (SSSR count). The minimum absolute atomic E-state index is 0.293. The Kier molecular flexibility index (Phi) is 5.91. The number of hydrogen-bond acceptors (Lipinski definition) is 4. The van der Waals surface area contributed by atoms with Crippen LogP contribution in [-0.2, 0) is 14.3 Å². The summed E-state index contributed by atoms with van der Waals surface area (Å²) in [6.45, 7) is 6.23. The first-order chi connectivity index (χ1) is 8.85. The van der Waals surface area contributed by atoms with E-state index in [0.29, 0.717) is 31.9 Å². The lowest BCUT2D eigenvalue weighted by Gasteiger charge is -2.27. The summed E-state index contributed by atoms with van der Waals surface area (Å²) in [6, 6.07) is -0.523. The SMILES string of the molecule is CC(C)(C)OC(=O)N1CCCC1C(=O)OCCCCl. The molecule has 1 amide bonds. The minimum Gasteiger partial charge on any atom is -0.464 e. The number of ether oxygens (including phenoxy) is 2. The quantitative estimate of drug-likeness (QED) is 0.454. The van der Waals surface area contributed by atoms with Crippen molar-refractivity contribution in [2.45, 2.75) is 51.7 Å². The van der Waals surface area contributed by atoms with Gasteiger partial charge in [-0.05, 0) is 40.0 Å². The van der Waals surface area contributed by atoms with Crippen molar-refractivity contribution in [1.29, 1.82) is 0 Å². The van der Waals surface area contributed by atoms with Crippen molar-refractivity contribution in [2.75, 3.05) is 19.0 Å². The van der Waals surface area contributed by atoms with Crippen molar-refractivity contribution in [2.24, 2.45) is 0 Å². The standard InChI is InChI=1S/C13H22ClNO4/c1-13(2,3)19-12(17)15-8-4-6-10(15)11(16)18-9-5-7-14/h10H,4-9H2,1-3H3. The number of alkyl halides is 1. The van der Waals surface area contributed by atoms with E-state index in [4.69, 9.17) is 21.1 Å². The number of carbonyl (C=O) groups excluding carboxylic acids is 2. The molecule has 1 unspecified atom stereocenters. The van der Waals surface area contributed by atoms with Gasteiger partial charge in [-0.25, -0.2) is 9.59 Å². The molecule has 0 spiro atoms. The third-order valence-corrected chi connectivity index (χ3v) is 2.94. The Bertz CT molecular complexity index is 327. The van der Waals surface area contributed by atoms with Crippen LogP contribution in [0, 0.1) is 0 Å². The molecule has 1 fully saturated rings. The summed E-state index contributed by atoms with van der Waals surface area (Å²) in [7, 11) is 0. The van der Waals surface area contributed by atoms with E-state index < -0.39 is 17.7 Å². The van der Waals surface area contributed by atoms with Crippen molar-refractivity contribution in [1.82, 2.24) is 4.90 Å². The number of amides is 1. The van der Waals surface area contributed by atoms with Gasteiger partial charge in [0.2, 0.25) is 0 Å². The zero-order valence-electron chi connectivity index (χ0n) is 11.8. The third kappa shape index (κ3) is 5.27. The molecule has 1 aliphatic rings. The Balaban J connectivity index is 2.53. The number of carbonyl (C=O) groups is 2. The number of nitrogens with zero attached hydrogens (tertiary/aromatic N) is 1. The lowest BCUT2D eigenvalue weighted by molar-refractivity contribution is -0.148. The van der Waals surface area contributed by atoms with Crippen LogP contribution in [0.3, 0.4) is 0 Å². The van der Waals surface area contributed by atoms with E-state index in [1.807, 2.05) is 0 Å². The van der Waals surface area contributed by atoms with E-state index in [-0.39, 0.29) is 5.97 Å². The van der Waals surface area contributed by atoms with Gasteiger partial charge >= 0.3 is 12.1 Å². The Morgan fingerprint density at radius 3 is 2.63 bits per heavy atom. The average Bonchev–Trinajstić information content (AvgIpc) is 2.75. The summed E-state index contributed by atoms with van der Waals surface area (Å²) in [5, 5.41) is 0. The Hall–Kier alpha value is -0.970. The van der Waals surface area contributed by atoms with Crippen LogP contribution in [0.5, 0.6) is 0 Å². The maximum absolute atomic E-state index is 12.0. The molecule has 0 bridgehead atoms. The topological polar surface area (TPSA) is 55.8 Å². The number of hydrogen-bond donors (Lipinski definition) is 0. The van der Waals surface area contributed by atoms with Crippen LogP contribution >= 0.6 is 11.6 Å². The van der Waals surface area contributed by atoms with Crippen molar-refractivity contribution >= 4 is 23.7 Å². The molecule has 1 saturated heterocycles. The van der Waals surface area contributed by atoms with E-state index in [0.717, 1.165) is 6.42 Å². The van der Waals surface area contributed by atoms with Gasteiger partial charge in [-0.2, -0.15) is 0 Å². The van der Waals surface area contributed by atoms with Gasteiger partial charge < -0.3 is 9.47 Å². The fourth-order valence-corrected chi connectivity index (χ4v) is 1.98. The van der Waals surface area contributed by atoms with E-state index in [9.17, 15) is 9.59 Å². The molecule has 0 aromatic rings. The van der Waals surface area contributed by atoms with Crippen molar-refractivity contribution in [3.8, 4) is 0 Å². The van der Waals surface area contributed by atoms with Crippen LogP contribution in [0.2, 0.25) is 0 Å². The number of halogens is 1. The Morgan fingerprint density at radius 1 is 1.37 bits per heavy atom. The molecule has 0 radical (unpaired) electrons. The maximum Gasteiger partial charge on any atom is 0.411 e. The van der Waals surface area contributed by atoms with Gasteiger partial charge in [-0.3, -0.25) is 4.90 Å². The highest BCUT2D eigenvalue weighted by Gasteiger charge is 2.37. The smallest absolute Gasteiger partial charge is 0.411 e. The minimum atomic E-state index is -0.563. The predicted octanol–water partition coefficient (Wildman–Crippen LogP) is 2.56. The molecule has 6 heteroatoms. The van der Waals surface area contributed by atoms with Gasteiger partial charge in [-0.1, -0.05) is 0 Å². The van der Waals surface area contributed by atoms with Gasteiger partial charge in [0.05, 0.1) is 6.61 Å². The van der Waals surface area contributed by atoms with Crippen LogP contribution in [-0.4, -0.2) is 47.6 Å². The largest absolute Gasteiger partial charge is 0.464 e. The van der Waals surface area contributed by atoms with E-state index in [2.05, 4.69) is 0 Å². The second-order valence-electron chi connectivity index (χ2n) is 5.54. The molecule has 0 aliphatic carbocycles. The summed E-state index contributed by atoms with van der Waals surface area (Å²) < 4.78 is 10.4. The molecule has 1 atom stereocenters. The Morgan fingerprint density at radius 2 is 2.05 bits per heavy atom. The normalized spacial score (nSPS) is 19.4. The molecule has 5 nitrogen and oxygen atoms in total. The first-order valence-corrected chi connectivity index (χ1v) is 7.11. The zero-order valence-corrected chi connectivity index (χ0v) is 12.5. The molecule has 110 valence electrons. The second-order valence-corrected chi connectivity index (χ2v) is 5.92. The number of esters is 1. The van der Waals surface area contributed by atoms with Crippen molar-refractivity contribution < 1.29 is 19.1 Å².